The number of rotatable bonds is 5. The predicted molar refractivity (Wildman–Crippen MR) is 108 cm³/mol. The van der Waals surface area contributed by atoms with Crippen LogP contribution in [0.15, 0.2) is 48.7 Å². The lowest BCUT2D eigenvalue weighted by molar-refractivity contribution is 0.146. The highest BCUT2D eigenvalue weighted by Crippen LogP contribution is 2.32. The molecule has 0 spiro atoms. The van der Waals surface area contributed by atoms with Crippen molar-refractivity contribution in [2.24, 2.45) is 0 Å². The standard InChI is InChI=1S/C22H22F3N3O/c1-13(16-3-2-4-17(21(16)23)22(24)25)27-20-7-9-26-19-6-5-14(11-18(19)20)28-10-8-15(29)12-28/h2-7,9,11,13,15,22,29H,8,10,12H2,1H3,(H,26,27)/t13-,15+/m1/s1. The van der Waals surface area contributed by atoms with Crippen molar-refractivity contribution in [2.75, 3.05) is 23.3 Å². The average Bonchev–Trinajstić information content (AvgIpc) is 3.14. The van der Waals surface area contributed by atoms with E-state index in [2.05, 4.69) is 15.2 Å². The third-order valence-corrected chi connectivity index (χ3v) is 5.39. The fourth-order valence-electron chi connectivity index (χ4n) is 3.82. The van der Waals surface area contributed by atoms with Crippen LogP contribution in [0.2, 0.25) is 0 Å². The van der Waals surface area contributed by atoms with Crippen molar-refractivity contribution in [3.8, 4) is 0 Å². The second-order valence-corrected chi connectivity index (χ2v) is 7.37. The average molecular weight is 401 g/mol. The lowest BCUT2D eigenvalue weighted by Crippen LogP contribution is -2.21. The number of aliphatic hydroxyl groups excluding tert-OH is 1. The molecule has 2 N–H and O–H groups in total. The van der Waals surface area contributed by atoms with Crippen LogP contribution >= 0.6 is 0 Å². The zero-order chi connectivity index (χ0) is 20.5. The third kappa shape index (κ3) is 3.87. The quantitative estimate of drug-likeness (QED) is 0.628. The number of nitrogens with zero attached hydrogens (tertiary/aromatic N) is 2. The Balaban J connectivity index is 1.66. The van der Waals surface area contributed by atoms with Crippen LogP contribution in [0.3, 0.4) is 0 Å². The van der Waals surface area contributed by atoms with E-state index in [-0.39, 0.29) is 11.7 Å². The number of hydrogen-bond acceptors (Lipinski definition) is 4. The summed E-state index contributed by atoms with van der Waals surface area (Å²) in [5.41, 5.74) is 2.08. The summed E-state index contributed by atoms with van der Waals surface area (Å²) in [4.78, 5) is 6.49. The minimum Gasteiger partial charge on any atom is -0.391 e. The van der Waals surface area contributed by atoms with E-state index in [0.29, 0.717) is 6.54 Å². The molecule has 7 heteroatoms. The van der Waals surface area contributed by atoms with Crippen LogP contribution < -0.4 is 10.2 Å². The fraction of sp³-hybridized carbons (Fsp3) is 0.318. The van der Waals surface area contributed by atoms with E-state index in [1.54, 1.807) is 19.2 Å². The molecule has 1 aliphatic heterocycles. The number of anilines is 2. The molecule has 0 saturated carbocycles. The number of halogens is 3. The number of β-amino-alcohol motifs (C(OH)–C–C–N with tert-alkyl or cyclic N) is 1. The summed E-state index contributed by atoms with van der Waals surface area (Å²) in [6.07, 6.45) is -0.806. The third-order valence-electron chi connectivity index (χ3n) is 5.39. The van der Waals surface area contributed by atoms with Gasteiger partial charge in [0.15, 0.2) is 0 Å². The maximum atomic E-state index is 14.5. The van der Waals surface area contributed by atoms with Crippen molar-refractivity contribution < 1.29 is 18.3 Å². The summed E-state index contributed by atoms with van der Waals surface area (Å²) in [5.74, 6) is -0.882. The van der Waals surface area contributed by atoms with Crippen LogP contribution in [0.4, 0.5) is 24.5 Å². The van der Waals surface area contributed by atoms with Crippen molar-refractivity contribution in [2.45, 2.75) is 31.9 Å². The Kier molecular flexibility index (Phi) is 5.32. The SMILES string of the molecule is C[C@@H](Nc1ccnc2ccc(N3CC[C@H](O)C3)cc12)c1cccc(C(F)F)c1F. The van der Waals surface area contributed by atoms with Gasteiger partial charge in [-0.15, -0.1) is 0 Å². The molecular weight excluding hydrogens is 379 g/mol. The molecule has 1 aliphatic rings. The number of alkyl halides is 2. The number of nitrogens with one attached hydrogen (secondary N) is 1. The predicted octanol–water partition coefficient (Wildman–Crippen LogP) is 5.06. The first-order valence-electron chi connectivity index (χ1n) is 9.59. The van der Waals surface area contributed by atoms with E-state index in [0.717, 1.165) is 41.3 Å². The van der Waals surface area contributed by atoms with Gasteiger partial charge < -0.3 is 15.3 Å². The zero-order valence-electron chi connectivity index (χ0n) is 15.9. The molecule has 4 rings (SSSR count). The normalized spacial score (nSPS) is 17.9. The van der Waals surface area contributed by atoms with Crippen LogP contribution in [-0.4, -0.2) is 29.3 Å². The van der Waals surface area contributed by atoms with E-state index in [4.69, 9.17) is 0 Å². The van der Waals surface area contributed by atoms with Crippen LogP contribution in [0.5, 0.6) is 0 Å². The highest BCUT2D eigenvalue weighted by Gasteiger charge is 2.22. The van der Waals surface area contributed by atoms with Gasteiger partial charge in [-0.3, -0.25) is 4.98 Å². The molecule has 0 unspecified atom stereocenters. The molecular formula is C22H22F3N3O. The molecule has 2 atom stereocenters. The number of hydrogen-bond donors (Lipinski definition) is 2. The van der Waals surface area contributed by atoms with Gasteiger partial charge in [-0.05, 0) is 37.6 Å². The topological polar surface area (TPSA) is 48.4 Å². The Hall–Kier alpha value is -2.80. The van der Waals surface area contributed by atoms with Crippen LogP contribution in [-0.2, 0) is 0 Å². The van der Waals surface area contributed by atoms with Crippen molar-refractivity contribution >= 4 is 22.3 Å². The van der Waals surface area contributed by atoms with Gasteiger partial charge in [0.1, 0.15) is 5.82 Å². The maximum absolute atomic E-state index is 14.5. The van der Waals surface area contributed by atoms with Gasteiger partial charge in [-0.25, -0.2) is 13.2 Å². The van der Waals surface area contributed by atoms with Crippen molar-refractivity contribution in [3.05, 3.63) is 65.6 Å². The Morgan fingerprint density at radius 1 is 1.17 bits per heavy atom. The molecule has 0 bridgehead atoms. The number of pyridine rings is 1. The molecule has 0 amide bonds. The smallest absolute Gasteiger partial charge is 0.266 e. The Labute approximate surface area is 167 Å². The summed E-state index contributed by atoms with van der Waals surface area (Å²) >= 11 is 0. The summed E-state index contributed by atoms with van der Waals surface area (Å²) in [5, 5.41) is 13.9. The lowest BCUT2D eigenvalue weighted by atomic mass is 10.0. The lowest BCUT2D eigenvalue weighted by Gasteiger charge is -2.21. The van der Waals surface area contributed by atoms with Crippen LogP contribution in [0.1, 0.15) is 36.9 Å². The summed E-state index contributed by atoms with van der Waals surface area (Å²) in [6.45, 7) is 3.09. The first-order chi connectivity index (χ1) is 13.9. The maximum Gasteiger partial charge on any atom is 0.266 e. The fourth-order valence-corrected chi connectivity index (χ4v) is 3.82. The summed E-state index contributed by atoms with van der Waals surface area (Å²) in [6, 6.07) is 11.2. The number of benzene rings is 2. The first kappa shape index (κ1) is 19.5. The molecule has 2 aromatic carbocycles. The molecule has 3 aromatic rings. The van der Waals surface area contributed by atoms with E-state index in [1.165, 1.54) is 12.1 Å². The van der Waals surface area contributed by atoms with E-state index in [1.807, 2.05) is 18.2 Å². The Morgan fingerprint density at radius 2 is 1.97 bits per heavy atom. The second-order valence-electron chi connectivity index (χ2n) is 7.37. The number of fused-ring (bicyclic) bond motifs is 1. The number of aliphatic hydroxyl groups is 1. The Morgan fingerprint density at radius 3 is 2.69 bits per heavy atom. The monoisotopic (exact) mass is 401 g/mol. The minimum atomic E-state index is -2.86. The molecule has 1 aromatic heterocycles. The minimum absolute atomic E-state index is 0.187. The van der Waals surface area contributed by atoms with Gasteiger partial charge in [-0.1, -0.05) is 18.2 Å². The second kappa shape index (κ2) is 7.91. The van der Waals surface area contributed by atoms with Gasteiger partial charge >= 0.3 is 0 Å². The number of aromatic nitrogens is 1. The van der Waals surface area contributed by atoms with Crippen molar-refractivity contribution in [1.82, 2.24) is 4.98 Å². The van der Waals surface area contributed by atoms with E-state index < -0.39 is 23.8 Å². The highest BCUT2D eigenvalue weighted by molar-refractivity contribution is 5.93. The van der Waals surface area contributed by atoms with E-state index in [9.17, 15) is 18.3 Å². The zero-order valence-corrected chi connectivity index (χ0v) is 15.9. The molecule has 1 fully saturated rings. The molecule has 4 nitrogen and oxygen atoms in total. The van der Waals surface area contributed by atoms with Gasteiger partial charge in [-0.2, -0.15) is 0 Å². The Bertz CT molecular complexity index is 1030. The van der Waals surface area contributed by atoms with Gasteiger partial charge in [0.2, 0.25) is 0 Å². The largest absolute Gasteiger partial charge is 0.391 e. The van der Waals surface area contributed by atoms with Gasteiger partial charge in [0.25, 0.3) is 6.43 Å². The van der Waals surface area contributed by atoms with Crippen molar-refractivity contribution in [1.29, 1.82) is 0 Å². The van der Waals surface area contributed by atoms with Crippen LogP contribution in [0, 0.1) is 5.82 Å². The molecule has 2 heterocycles. The molecule has 0 aliphatic carbocycles. The summed E-state index contributed by atoms with van der Waals surface area (Å²) < 4.78 is 40.6. The molecule has 152 valence electrons. The van der Waals surface area contributed by atoms with Crippen molar-refractivity contribution in [3.63, 3.8) is 0 Å². The summed E-state index contributed by atoms with van der Waals surface area (Å²) in [7, 11) is 0. The van der Waals surface area contributed by atoms with E-state index >= 15 is 0 Å². The van der Waals surface area contributed by atoms with Gasteiger partial charge in [0, 0.05) is 41.6 Å². The first-order valence-corrected chi connectivity index (χ1v) is 9.59. The van der Waals surface area contributed by atoms with Gasteiger partial charge in [0.05, 0.1) is 23.2 Å². The highest BCUT2D eigenvalue weighted by atomic mass is 19.3. The molecule has 29 heavy (non-hydrogen) atoms. The molecule has 1 saturated heterocycles. The molecule has 0 radical (unpaired) electrons. The van der Waals surface area contributed by atoms with Crippen LogP contribution in [0.25, 0.3) is 10.9 Å².